The lowest BCUT2D eigenvalue weighted by molar-refractivity contribution is -0.380. The van der Waals surface area contributed by atoms with E-state index in [4.69, 9.17) is 5.73 Å². The second kappa shape index (κ2) is 4.66. The van der Waals surface area contributed by atoms with Gasteiger partial charge in [-0.15, -0.1) is 5.11 Å². The standard InChI is InChI=1S/C7H9N5O3S/c1-11(2)10-9-4-3-5(12(14)15)16-6(4)7(8)13/h3H,1-2H3,(H2,8,13)/b10-9+. The zero-order valence-corrected chi connectivity index (χ0v) is 9.39. The first-order chi connectivity index (χ1) is 7.41. The molecule has 2 N–H and O–H groups in total. The predicted octanol–water partition coefficient (Wildman–Crippen LogP) is 1.32. The number of thiophene rings is 1. The molecule has 8 nitrogen and oxygen atoms in total. The van der Waals surface area contributed by atoms with E-state index >= 15 is 0 Å². The van der Waals surface area contributed by atoms with Gasteiger partial charge in [-0.1, -0.05) is 16.6 Å². The number of nitrogens with zero attached hydrogens (tertiary/aromatic N) is 4. The smallest absolute Gasteiger partial charge is 0.327 e. The summed E-state index contributed by atoms with van der Waals surface area (Å²) in [4.78, 5) is 20.9. The molecule has 86 valence electrons. The molecule has 0 fully saturated rings. The van der Waals surface area contributed by atoms with Gasteiger partial charge in [0.05, 0.1) is 11.0 Å². The molecular weight excluding hydrogens is 234 g/mol. The van der Waals surface area contributed by atoms with E-state index in [1.54, 1.807) is 14.1 Å². The molecule has 0 bridgehead atoms. The Morgan fingerprint density at radius 1 is 1.62 bits per heavy atom. The van der Waals surface area contributed by atoms with Crippen molar-refractivity contribution in [3.63, 3.8) is 0 Å². The van der Waals surface area contributed by atoms with E-state index in [2.05, 4.69) is 10.3 Å². The Bertz CT molecular complexity index is 453. The normalized spacial score (nSPS) is 10.6. The van der Waals surface area contributed by atoms with Gasteiger partial charge in [0.25, 0.3) is 5.91 Å². The number of hydrogen-bond acceptors (Lipinski definition) is 6. The molecule has 0 unspecified atom stereocenters. The first kappa shape index (κ1) is 12.0. The van der Waals surface area contributed by atoms with E-state index in [9.17, 15) is 14.9 Å². The van der Waals surface area contributed by atoms with E-state index in [0.717, 1.165) is 6.07 Å². The third-order valence-electron chi connectivity index (χ3n) is 1.43. The Balaban J connectivity index is 3.15. The van der Waals surface area contributed by atoms with Gasteiger partial charge in [-0.3, -0.25) is 19.9 Å². The molecule has 0 atom stereocenters. The second-order valence-corrected chi connectivity index (χ2v) is 3.99. The highest BCUT2D eigenvalue weighted by Crippen LogP contribution is 2.34. The van der Waals surface area contributed by atoms with E-state index < -0.39 is 10.8 Å². The SMILES string of the molecule is CN(C)/N=N/c1cc([N+](=O)[O-])sc1C(N)=O. The maximum atomic E-state index is 11.0. The minimum atomic E-state index is -0.759. The molecule has 0 spiro atoms. The highest BCUT2D eigenvalue weighted by atomic mass is 32.1. The molecule has 9 heteroatoms. The van der Waals surface area contributed by atoms with Gasteiger partial charge in [0.1, 0.15) is 10.6 Å². The summed E-state index contributed by atoms with van der Waals surface area (Å²) in [5.41, 5.74) is 5.18. The van der Waals surface area contributed by atoms with E-state index in [-0.39, 0.29) is 15.6 Å². The number of primary amides is 1. The molecule has 1 aromatic rings. The molecule has 1 heterocycles. The van der Waals surface area contributed by atoms with Crippen molar-refractivity contribution in [1.82, 2.24) is 5.01 Å². The molecule has 0 aliphatic heterocycles. The van der Waals surface area contributed by atoms with Crippen LogP contribution in [0.4, 0.5) is 10.7 Å². The number of hydrogen-bond donors (Lipinski definition) is 1. The van der Waals surface area contributed by atoms with Gasteiger partial charge < -0.3 is 5.73 Å². The van der Waals surface area contributed by atoms with Crippen molar-refractivity contribution < 1.29 is 9.72 Å². The van der Waals surface area contributed by atoms with Gasteiger partial charge in [0.2, 0.25) is 0 Å². The molecular formula is C7H9N5O3S. The van der Waals surface area contributed by atoms with Crippen LogP contribution in [0.2, 0.25) is 0 Å². The van der Waals surface area contributed by atoms with Crippen molar-refractivity contribution in [2.45, 2.75) is 0 Å². The minimum Gasteiger partial charge on any atom is -0.365 e. The molecule has 1 aromatic heterocycles. The van der Waals surface area contributed by atoms with Crippen LogP contribution in [-0.4, -0.2) is 29.9 Å². The summed E-state index contributed by atoms with van der Waals surface area (Å²) in [5, 5.41) is 19.0. The second-order valence-electron chi connectivity index (χ2n) is 2.96. The average Bonchev–Trinajstić information content (AvgIpc) is 2.58. The van der Waals surface area contributed by atoms with Crippen molar-refractivity contribution in [2.24, 2.45) is 16.1 Å². The monoisotopic (exact) mass is 243 g/mol. The van der Waals surface area contributed by atoms with Crippen LogP contribution in [0.15, 0.2) is 16.4 Å². The molecule has 0 radical (unpaired) electrons. The summed E-state index contributed by atoms with van der Waals surface area (Å²) in [7, 11) is 3.27. The van der Waals surface area contributed by atoms with Crippen molar-refractivity contribution >= 4 is 27.9 Å². The van der Waals surface area contributed by atoms with Crippen LogP contribution in [0.1, 0.15) is 9.67 Å². The Morgan fingerprint density at radius 3 is 2.69 bits per heavy atom. The first-order valence-electron chi connectivity index (χ1n) is 4.09. The lowest BCUT2D eigenvalue weighted by Crippen LogP contribution is -2.08. The summed E-state index contributed by atoms with van der Waals surface area (Å²) in [5.74, 6) is -0.759. The Labute approximate surface area is 94.5 Å². The summed E-state index contributed by atoms with van der Waals surface area (Å²) in [6.07, 6.45) is 0. The molecule has 0 aromatic carbocycles. The topological polar surface area (TPSA) is 114 Å². The van der Waals surface area contributed by atoms with Crippen LogP contribution in [0.25, 0.3) is 0 Å². The average molecular weight is 243 g/mol. The minimum absolute atomic E-state index is 0.0253. The number of rotatable bonds is 4. The van der Waals surface area contributed by atoms with Gasteiger partial charge in [-0.2, -0.15) is 0 Å². The summed E-state index contributed by atoms with van der Waals surface area (Å²) < 4.78 is 0. The number of amides is 1. The Morgan fingerprint density at radius 2 is 2.25 bits per heavy atom. The Kier molecular flexibility index (Phi) is 3.51. The third-order valence-corrected chi connectivity index (χ3v) is 2.53. The molecule has 0 saturated carbocycles. The van der Waals surface area contributed by atoms with Crippen molar-refractivity contribution in [1.29, 1.82) is 0 Å². The van der Waals surface area contributed by atoms with Crippen LogP contribution in [0.3, 0.4) is 0 Å². The number of nitrogens with two attached hydrogens (primary N) is 1. The largest absolute Gasteiger partial charge is 0.365 e. The maximum Gasteiger partial charge on any atom is 0.327 e. The lowest BCUT2D eigenvalue weighted by atomic mass is 10.4. The Hall–Kier alpha value is -2.03. The zero-order valence-electron chi connectivity index (χ0n) is 8.58. The fourth-order valence-corrected chi connectivity index (χ4v) is 1.61. The van der Waals surface area contributed by atoms with Crippen molar-refractivity contribution in [3.8, 4) is 0 Å². The van der Waals surface area contributed by atoms with E-state index in [1.165, 1.54) is 5.01 Å². The molecule has 0 aliphatic rings. The van der Waals surface area contributed by atoms with E-state index in [1.807, 2.05) is 0 Å². The van der Waals surface area contributed by atoms with Crippen LogP contribution in [-0.2, 0) is 0 Å². The molecule has 1 amide bonds. The van der Waals surface area contributed by atoms with Gasteiger partial charge in [0.15, 0.2) is 0 Å². The number of carbonyl (C=O) groups is 1. The summed E-state index contributed by atoms with van der Waals surface area (Å²) >= 11 is 0.681. The highest BCUT2D eigenvalue weighted by molar-refractivity contribution is 7.17. The zero-order chi connectivity index (χ0) is 12.3. The van der Waals surface area contributed by atoms with Crippen LogP contribution < -0.4 is 5.73 Å². The summed E-state index contributed by atoms with van der Waals surface area (Å²) in [6.45, 7) is 0. The van der Waals surface area contributed by atoms with Crippen molar-refractivity contribution in [2.75, 3.05) is 14.1 Å². The van der Waals surface area contributed by atoms with E-state index in [0.29, 0.717) is 11.3 Å². The van der Waals surface area contributed by atoms with Gasteiger partial charge >= 0.3 is 5.00 Å². The van der Waals surface area contributed by atoms with Gasteiger partial charge in [-0.05, 0) is 0 Å². The maximum absolute atomic E-state index is 11.0. The molecule has 1 rings (SSSR count). The quantitative estimate of drug-likeness (QED) is 0.487. The fourth-order valence-electron chi connectivity index (χ4n) is 0.847. The molecule has 0 aliphatic carbocycles. The number of nitro groups is 1. The van der Waals surface area contributed by atoms with Crippen molar-refractivity contribution in [3.05, 3.63) is 21.1 Å². The molecule has 0 saturated heterocycles. The van der Waals surface area contributed by atoms with Crippen LogP contribution in [0.5, 0.6) is 0 Å². The van der Waals surface area contributed by atoms with Gasteiger partial charge in [-0.25, -0.2) is 0 Å². The third kappa shape index (κ3) is 2.73. The molecule has 16 heavy (non-hydrogen) atoms. The lowest BCUT2D eigenvalue weighted by Gasteiger charge is -1.99. The number of carbonyl (C=O) groups excluding carboxylic acids is 1. The van der Waals surface area contributed by atoms with Gasteiger partial charge in [0, 0.05) is 14.1 Å². The summed E-state index contributed by atoms with van der Waals surface area (Å²) in [6, 6.07) is 1.16. The van der Waals surface area contributed by atoms with Crippen LogP contribution >= 0.6 is 11.3 Å². The predicted molar refractivity (Wildman–Crippen MR) is 57.7 cm³/mol. The first-order valence-corrected chi connectivity index (χ1v) is 4.90. The highest BCUT2D eigenvalue weighted by Gasteiger charge is 2.20. The van der Waals surface area contributed by atoms with Crippen LogP contribution in [0, 0.1) is 10.1 Å². The fraction of sp³-hybridized carbons (Fsp3) is 0.286.